The number of allylic oxidation sites excluding steroid dienone is 1. The molecule has 0 aliphatic carbocycles. The molecule has 0 spiro atoms. The second-order valence-corrected chi connectivity index (χ2v) is 5.25. The summed E-state index contributed by atoms with van der Waals surface area (Å²) in [6.07, 6.45) is 1.97. The Morgan fingerprint density at radius 2 is 2.13 bits per heavy atom. The maximum Gasteiger partial charge on any atom is 0.0535 e. The smallest absolute Gasteiger partial charge is 0.0535 e. The highest BCUT2D eigenvalue weighted by Gasteiger charge is 2.06. The maximum absolute atomic E-state index is 6.08. The van der Waals surface area contributed by atoms with Gasteiger partial charge in [0.2, 0.25) is 0 Å². The molecule has 4 heteroatoms. The molecule has 0 saturated carbocycles. The van der Waals surface area contributed by atoms with E-state index in [2.05, 4.69) is 22.5 Å². The fraction of sp³-hybridized carbons (Fsp3) is 0.0909. The van der Waals surface area contributed by atoms with Crippen LogP contribution in [-0.2, 0) is 6.54 Å². The van der Waals surface area contributed by atoms with Crippen LogP contribution in [0.15, 0.2) is 35.5 Å². The Hall–Kier alpha value is -0.440. The number of benzene rings is 1. The lowest BCUT2D eigenvalue weighted by molar-refractivity contribution is 0.858. The van der Waals surface area contributed by atoms with Gasteiger partial charge >= 0.3 is 0 Å². The summed E-state index contributed by atoms with van der Waals surface area (Å²) in [5, 5.41) is 2.33. The average Bonchev–Trinajstić information content (AvgIpc) is 2.48. The first-order chi connectivity index (χ1) is 7.08. The van der Waals surface area contributed by atoms with Crippen LogP contribution in [0.5, 0.6) is 0 Å². The van der Waals surface area contributed by atoms with Crippen LogP contribution >= 0.6 is 39.1 Å². The van der Waals surface area contributed by atoms with Crippen LogP contribution in [0.3, 0.4) is 0 Å². The van der Waals surface area contributed by atoms with E-state index in [-0.39, 0.29) is 0 Å². The first kappa shape index (κ1) is 11.1. The second-order valence-electron chi connectivity index (χ2n) is 3.28. The molecule has 0 radical (unpaired) electrons. The summed E-state index contributed by atoms with van der Waals surface area (Å²) in [5.74, 6) is 0. The highest BCUT2D eigenvalue weighted by molar-refractivity contribution is 9.11. The van der Waals surface area contributed by atoms with Gasteiger partial charge in [-0.25, -0.2) is 0 Å². The van der Waals surface area contributed by atoms with E-state index in [1.807, 2.05) is 22.9 Å². The van der Waals surface area contributed by atoms with E-state index < -0.39 is 0 Å². The molecule has 78 valence electrons. The average molecular weight is 305 g/mol. The van der Waals surface area contributed by atoms with Gasteiger partial charge in [0.25, 0.3) is 0 Å². The minimum Gasteiger partial charge on any atom is -0.342 e. The summed E-state index contributed by atoms with van der Waals surface area (Å²) >= 11 is 15.4. The Morgan fingerprint density at radius 3 is 2.80 bits per heavy atom. The topological polar surface area (TPSA) is 4.93 Å². The van der Waals surface area contributed by atoms with Crippen molar-refractivity contribution in [2.75, 3.05) is 0 Å². The van der Waals surface area contributed by atoms with Crippen molar-refractivity contribution in [3.63, 3.8) is 0 Å². The monoisotopic (exact) mass is 303 g/mol. The molecule has 2 aromatic rings. The van der Waals surface area contributed by atoms with Gasteiger partial charge < -0.3 is 4.57 Å². The van der Waals surface area contributed by atoms with Crippen LogP contribution < -0.4 is 0 Å². The molecule has 1 aromatic heterocycles. The standard InChI is InChI=1S/C11H8BrCl2N/c1-7(12)6-15-3-2-9-10(14)4-8(13)5-11(9)15/h2-5H,1,6H2. The molecule has 1 aromatic carbocycles. The lowest BCUT2D eigenvalue weighted by atomic mass is 10.2. The maximum atomic E-state index is 6.08. The highest BCUT2D eigenvalue weighted by atomic mass is 79.9. The third-order valence-electron chi connectivity index (χ3n) is 2.14. The molecule has 0 unspecified atom stereocenters. The van der Waals surface area contributed by atoms with Crippen LogP contribution in [0.1, 0.15) is 0 Å². The zero-order valence-corrected chi connectivity index (χ0v) is 10.9. The Morgan fingerprint density at radius 1 is 1.40 bits per heavy atom. The lowest BCUT2D eigenvalue weighted by Gasteiger charge is -2.04. The van der Waals surface area contributed by atoms with Crippen LogP contribution in [0.4, 0.5) is 0 Å². The molecule has 0 amide bonds. The van der Waals surface area contributed by atoms with E-state index in [1.165, 1.54) is 0 Å². The van der Waals surface area contributed by atoms with Gasteiger partial charge in [-0.15, -0.1) is 0 Å². The Kier molecular flexibility index (Phi) is 3.10. The highest BCUT2D eigenvalue weighted by Crippen LogP contribution is 2.29. The zero-order chi connectivity index (χ0) is 11.0. The molecule has 0 aliphatic heterocycles. The number of fused-ring (bicyclic) bond motifs is 1. The summed E-state index contributed by atoms with van der Waals surface area (Å²) in [6, 6.07) is 5.63. The van der Waals surface area contributed by atoms with Crippen LogP contribution in [0.2, 0.25) is 10.0 Å². The van der Waals surface area contributed by atoms with Gasteiger partial charge in [0.05, 0.1) is 17.1 Å². The number of halogens is 3. The third kappa shape index (κ3) is 2.22. The number of rotatable bonds is 2. The predicted octanol–water partition coefficient (Wildman–Crippen LogP) is 4.86. The normalized spacial score (nSPS) is 10.9. The van der Waals surface area contributed by atoms with Gasteiger partial charge in [0, 0.05) is 21.1 Å². The first-order valence-electron chi connectivity index (χ1n) is 4.35. The number of aromatic nitrogens is 1. The largest absolute Gasteiger partial charge is 0.342 e. The van der Waals surface area contributed by atoms with Crippen molar-refractivity contribution in [2.24, 2.45) is 0 Å². The van der Waals surface area contributed by atoms with E-state index in [0.717, 1.165) is 15.4 Å². The van der Waals surface area contributed by atoms with Crippen LogP contribution in [0, 0.1) is 0 Å². The van der Waals surface area contributed by atoms with Crippen molar-refractivity contribution in [1.29, 1.82) is 0 Å². The van der Waals surface area contributed by atoms with E-state index in [9.17, 15) is 0 Å². The Labute approximate surface area is 106 Å². The Bertz CT molecular complexity index is 531. The summed E-state index contributed by atoms with van der Waals surface area (Å²) in [6.45, 7) is 4.52. The molecule has 0 atom stereocenters. The van der Waals surface area contributed by atoms with Gasteiger partial charge in [0.1, 0.15) is 0 Å². The minimum atomic E-state index is 0.646. The van der Waals surface area contributed by atoms with Crippen LogP contribution in [0.25, 0.3) is 10.9 Å². The fourth-order valence-electron chi connectivity index (χ4n) is 1.54. The Balaban J connectivity index is 2.63. The number of hydrogen-bond acceptors (Lipinski definition) is 0. The van der Waals surface area contributed by atoms with Crippen molar-refractivity contribution >= 4 is 50.0 Å². The van der Waals surface area contributed by atoms with Crippen molar-refractivity contribution < 1.29 is 0 Å². The summed E-state index contributed by atoms with van der Waals surface area (Å²) in [7, 11) is 0. The van der Waals surface area contributed by atoms with E-state index in [1.54, 1.807) is 6.07 Å². The summed E-state index contributed by atoms with van der Waals surface area (Å²) in [4.78, 5) is 0. The van der Waals surface area contributed by atoms with E-state index in [4.69, 9.17) is 23.2 Å². The minimum absolute atomic E-state index is 0.646. The van der Waals surface area contributed by atoms with Gasteiger partial charge in [-0.1, -0.05) is 45.7 Å². The van der Waals surface area contributed by atoms with E-state index in [0.29, 0.717) is 16.6 Å². The summed E-state index contributed by atoms with van der Waals surface area (Å²) in [5.41, 5.74) is 1.02. The van der Waals surface area contributed by atoms with Gasteiger partial charge in [-0.05, 0) is 18.2 Å². The molecule has 0 fully saturated rings. The molecule has 0 bridgehead atoms. The molecular formula is C11H8BrCl2N. The van der Waals surface area contributed by atoms with Gasteiger partial charge in [-0.3, -0.25) is 0 Å². The number of hydrogen-bond donors (Lipinski definition) is 0. The van der Waals surface area contributed by atoms with Gasteiger partial charge in [0.15, 0.2) is 0 Å². The zero-order valence-electron chi connectivity index (χ0n) is 7.80. The lowest BCUT2D eigenvalue weighted by Crippen LogP contribution is -1.94. The third-order valence-corrected chi connectivity index (χ3v) is 2.93. The fourth-order valence-corrected chi connectivity index (χ4v) is 2.36. The van der Waals surface area contributed by atoms with Crippen molar-refractivity contribution in [3.8, 4) is 0 Å². The SMILES string of the molecule is C=C(Br)Cn1ccc2c(Cl)cc(Cl)cc21. The second kappa shape index (κ2) is 4.20. The van der Waals surface area contributed by atoms with Gasteiger partial charge in [-0.2, -0.15) is 0 Å². The molecule has 0 aliphatic rings. The van der Waals surface area contributed by atoms with Crippen molar-refractivity contribution in [1.82, 2.24) is 4.57 Å². The molecule has 1 nitrogen and oxygen atoms in total. The quantitative estimate of drug-likeness (QED) is 0.747. The van der Waals surface area contributed by atoms with Crippen molar-refractivity contribution in [2.45, 2.75) is 6.54 Å². The predicted molar refractivity (Wildman–Crippen MR) is 70.0 cm³/mol. The molecule has 2 rings (SSSR count). The van der Waals surface area contributed by atoms with Crippen molar-refractivity contribution in [3.05, 3.63) is 45.5 Å². The first-order valence-corrected chi connectivity index (χ1v) is 5.90. The summed E-state index contributed by atoms with van der Waals surface area (Å²) < 4.78 is 2.96. The molecular weight excluding hydrogens is 297 g/mol. The molecule has 0 saturated heterocycles. The van der Waals surface area contributed by atoms with Crippen LogP contribution in [-0.4, -0.2) is 4.57 Å². The number of nitrogens with zero attached hydrogens (tertiary/aromatic N) is 1. The molecule has 15 heavy (non-hydrogen) atoms. The van der Waals surface area contributed by atoms with E-state index >= 15 is 0 Å². The molecule has 0 N–H and O–H groups in total. The molecule has 1 heterocycles.